The fourth-order valence-corrected chi connectivity index (χ4v) is 3.90. The highest BCUT2D eigenvalue weighted by atomic mass is 16.5. The van der Waals surface area contributed by atoms with Crippen molar-refractivity contribution >= 4 is 28.7 Å². The van der Waals surface area contributed by atoms with Gasteiger partial charge in [-0.15, -0.1) is 0 Å². The molecule has 0 fully saturated rings. The lowest BCUT2D eigenvalue weighted by Crippen LogP contribution is -2.23. The summed E-state index contributed by atoms with van der Waals surface area (Å²) < 4.78 is 8.51. The van der Waals surface area contributed by atoms with Crippen LogP contribution in [0.4, 0.5) is 5.82 Å². The third kappa shape index (κ3) is 4.66. The Morgan fingerprint density at radius 3 is 2.46 bits per heavy atom. The molecule has 0 spiro atoms. The molecule has 0 aliphatic carbocycles. The maximum absolute atomic E-state index is 13.1. The van der Waals surface area contributed by atoms with Crippen LogP contribution in [0.1, 0.15) is 22.8 Å². The number of benzene rings is 2. The van der Waals surface area contributed by atoms with Crippen LogP contribution < -0.4 is 5.32 Å². The molecule has 5 aromatic rings. The van der Waals surface area contributed by atoms with Crippen LogP contribution in [-0.4, -0.2) is 43.0 Å². The minimum absolute atomic E-state index is 0.179. The third-order valence-electron chi connectivity index (χ3n) is 5.68. The summed E-state index contributed by atoms with van der Waals surface area (Å²) in [6.45, 7) is 1.94. The average Bonchev–Trinajstić information content (AvgIpc) is 3.55. The van der Waals surface area contributed by atoms with Crippen molar-refractivity contribution in [3.63, 3.8) is 0 Å². The quantitative estimate of drug-likeness (QED) is 0.341. The molecule has 1 N–H and O–H groups in total. The van der Waals surface area contributed by atoms with E-state index < -0.39 is 18.5 Å². The van der Waals surface area contributed by atoms with Crippen molar-refractivity contribution in [2.45, 2.75) is 13.5 Å². The lowest BCUT2D eigenvalue weighted by molar-refractivity contribution is -0.119. The number of hydrogen-bond donors (Lipinski definition) is 1. The van der Waals surface area contributed by atoms with E-state index in [1.165, 1.54) is 10.9 Å². The Balaban J connectivity index is 1.38. The summed E-state index contributed by atoms with van der Waals surface area (Å²) in [5.74, 6) is -1.11. The molecule has 0 unspecified atom stereocenters. The SMILES string of the molecule is CCn1ncc2c(C(=O)OCC(=O)Nc3c(C#N)cnn3-c3ccccc3)cc(-c3ccccc3)nc21. The second-order valence-corrected chi connectivity index (χ2v) is 8.01. The number of carbonyl (C=O) groups excluding carboxylic acids is 2. The van der Waals surface area contributed by atoms with E-state index in [0.29, 0.717) is 29.0 Å². The molecule has 3 aromatic heterocycles. The average molecular weight is 492 g/mol. The lowest BCUT2D eigenvalue weighted by atomic mass is 10.1. The first-order valence-corrected chi connectivity index (χ1v) is 11.5. The number of pyridine rings is 1. The van der Waals surface area contributed by atoms with Gasteiger partial charge in [0.05, 0.1) is 34.7 Å². The molecule has 3 heterocycles. The second kappa shape index (κ2) is 10.1. The molecule has 0 radical (unpaired) electrons. The zero-order chi connectivity index (χ0) is 25.8. The number of amides is 1. The molecule has 0 aliphatic rings. The normalized spacial score (nSPS) is 10.7. The van der Waals surface area contributed by atoms with E-state index in [2.05, 4.69) is 15.5 Å². The van der Waals surface area contributed by atoms with Gasteiger partial charge in [-0.25, -0.2) is 19.1 Å². The summed E-state index contributed by atoms with van der Waals surface area (Å²) >= 11 is 0. The Bertz CT molecular complexity index is 1630. The van der Waals surface area contributed by atoms with Crippen LogP contribution in [0.2, 0.25) is 0 Å². The number of hydrogen-bond acceptors (Lipinski definition) is 7. The third-order valence-corrected chi connectivity index (χ3v) is 5.68. The van der Waals surface area contributed by atoms with E-state index in [-0.39, 0.29) is 16.9 Å². The van der Waals surface area contributed by atoms with Gasteiger partial charge in [0.25, 0.3) is 5.91 Å². The van der Waals surface area contributed by atoms with E-state index in [1.54, 1.807) is 29.1 Å². The van der Waals surface area contributed by atoms with Gasteiger partial charge in [0.1, 0.15) is 11.6 Å². The molecule has 0 saturated heterocycles. The summed E-state index contributed by atoms with van der Waals surface area (Å²) in [5, 5.41) is 21.1. The van der Waals surface area contributed by atoms with Crippen molar-refractivity contribution < 1.29 is 14.3 Å². The number of anilines is 1. The van der Waals surface area contributed by atoms with Crippen molar-refractivity contribution in [2.75, 3.05) is 11.9 Å². The van der Waals surface area contributed by atoms with Gasteiger partial charge in [0, 0.05) is 12.1 Å². The highest BCUT2D eigenvalue weighted by molar-refractivity contribution is 6.04. The minimum Gasteiger partial charge on any atom is -0.452 e. The van der Waals surface area contributed by atoms with Crippen molar-refractivity contribution in [2.24, 2.45) is 0 Å². The second-order valence-electron chi connectivity index (χ2n) is 8.01. The molecule has 37 heavy (non-hydrogen) atoms. The van der Waals surface area contributed by atoms with Gasteiger partial charge in [-0.3, -0.25) is 4.79 Å². The number of aromatic nitrogens is 5. The predicted octanol–water partition coefficient (Wildman–Crippen LogP) is 3.97. The fourth-order valence-electron chi connectivity index (χ4n) is 3.90. The van der Waals surface area contributed by atoms with E-state index in [0.717, 1.165) is 5.56 Å². The number of esters is 1. The van der Waals surface area contributed by atoms with Crippen LogP contribution in [0.15, 0.2) is 79.1 Å². The Morgan fingerprint density at radius 1 is 1.03 bits per heavy atom. The van der Waals surface area contributed by atoms with Gasteiger partial charge in [0.2, 0.25) is 0 Å². The largest absolute Gasteiger partial charge is 0.452 e. The molecule has 1 amide bonds. The van der Waals surface area contributed by atoms with E-state index in [4.69, 9.17) is 9.72 Å². The van der Waals surface area contributed by atoms with E-state index >= 15 is 0 Å². The van der Waals surface area contributed by atoms with Gasteiger partial charge in [-0.05, 0) is 25.1 Å². The highest BCUT2D eigenvalue weighted by Crippen LogP contribution is 2.26. The molecule has 0 aliphatic heterocycles. The van der Waals surface area contributed by atoms with Gasteiger partial charge in [-0.1, -0.05) is 48.5 Å². The first-order chi connectivity index (χ1) is 18.1. The Kier molecular flexibility index (Phi) is 6.42. The zero-order valence-corrected chi connectivity index (χ0v) is 19.8. The number of aryl methyl sites for hydroxylation is 1. The Morgan fingerprint density at radius 2 is 1.76 bits per heavy atom. The number of nitrogens with zero attached hydrogens (tertiary/aromatic N) is 6. The predicted molar refractivity (Wildman–Crippen MR) is 136 cm³/mol. The first kappa shape index (κ1) is 23.4. The monoisotopic (exact) mass is 491 g/mol. The van der Waals surface area contributed by atoms with Crippen molar-refractivity contribution in [3.05, 3.63) is 90.3 Å². The Hall–Kier alpha value is -5.30. The van der Waals surface area contributed by atoms with Crippen molar-refractivity contribution in [1.82, 2.24) is 24.5 Å². The first-order valence-electron chi connectivity index (χ1n) is 11.5. The summed E-state index contributed by atoms with van der Waals surface area (Å²) in [6, 6.07) is 22.2. The number of para-hydroxylation sites is 1. The van der Waals surface area contributed by atoms with Gasteiger partial charge in [0.15, 0.2) is 18.1 Å². The zero-order valence-electron chi connectivity index (χ0n) is 19.8. The topological polar surface area (TPSA) is 128 Å². The summed E-state index contributed by atoms with van der Waals surface area (Å²) in [6.07, 6.45) is 2.92. The van der Waals surface area contributed by atoms with Crippen LogP contribution in [-0.2, 0) is 16.1 Å². The van der Waals surface area contributed by atoms with Crippen LogP contribution in [0, 0.1) is 11.3 Å². The molecule has 182 valence electrons. The van der Waals surface area contributed by atoms with Crippen LogP contribution in [0.25, 0.3) is 28.0 Å². The van der Waals surface area contributed by atoms with Gasteiger partial charge >= 0.3 is 5.97 Å². The number of fused-ring (bicyclic) bond motifs is 1. The molecule has 10 nitrogen and oxygen atoms in total. The highest BCUT2D eigenvalue weighted by Gasteiger charge is 2.21. The molecule has 2 aromatic carbocycles. The number of carbonyl (C=O) groups is 2. The fraction of sp³-hybridized carbons (Fsp3) is 0.111. The maximum atomic E-state index is 13.1. The maximum Gasteiger partial charge on any atom is 0.339 e. The number of nitriles is 1. The van der Waals surface area contributed by atoms with Crippen LogP contribution >= 0.6 is 0 Å². The molecular formula is C27H21N7O3. The van der Waals surface area contributed by atoms with Crippen molar-refractivity contribution in [1.29, 1.82) is 5.26 Å². The molecule has 0 atom stereocenters. The smallest absolute Gasteiger partial charge is 0.339 e. The number of rotatable bonds is 7. The van der Waals surface area contributed by atoms with Gasteiger partial charge < -0.3 is 10.1 Å². The molecule has 0 saturated carbocycles. The molecule has 5 rings (SSSR count). The minimum atomic E-state index is -0.688. The summed E-state index contributed by atoms with van der Waals surface area (Å²) in [7, 11) is 0. The summed E-state index contributed by atoms with van der Waals surface area (Å²) in [5.41, 5.74) is 3.06. The standard InChI is InChI=1S/C27H21N7O3/c1-2-33-26-22(16-29-33)21(13-23(31-26)18-9-5-3-6-10-18)27(36)37-17-24(35)32-25-19(14-28)15-30-34(25)20-11-7-4-8-12-20/h3-13,15-16H,2,17H2,1H3,(H,32,35). The van der Waals surface area contributed by atoms with Crippen LogP contribution in [0.3, 0.4) is 0 Å². The molecule has 10 heteroatoms. The lowest BCUT2D eigenvalue weighted by Gasteiger charge is -2.11. The van der Waals surface area contributed by atoms with E-state index in [1.807, 2.05) is 61.5 Å². The molecule has 0 bridgehead atoms. The van der Waals surface area contributed by atoms with Gasteiger partial charge in [-0.2, -0.15) is 15.5 Å². The number of ether oxygens (including phenoxy) is 1. The molecular weight excluding hydrogens is 470 g/mol. The Labute approximate surface area is 211 Å². The van der Waals surface area contributed by atoms with Crippen molar-refractivity contribution in [3.8, 4) is 23.0 Å². The summed E-state index contributed by atoms with van der Waals surface area (Å²) in [4.78, 5) is 30.5. The van der Waals surface area contributed by atoms with Crippen LogP contribution in [0.5, 0.6) is 0 Å². The number of nitrogens with one attached hydrogen (secondary N) is 1. The van der Waals surface area contributed by atoms with E-state index in [9.17, 15) is 14.9 Å².